The first-order valence-electron chi connectivity index (χ1n) is 7.56. The van der Waals surface area contributed by atoms with Crippen molar-refractivity contribution < 1.29 is 9.53 Å². The number of ether oxygens (including phenoxy) is 1. The molecule has 0 aliphatic rings. The standard InChI is InChI=1S/C18H20ClN3O2/c1-4-6-14(2)21(18(23)12-19)13-15-7-8-16(11-17(15)24-3)22-10-5-9-20-22/h1,5,7-11,14H,6,12-13H2,2-3H3. The summed E-state index contributed by atoms with van der Waals surface area (Å²) < 4.78 is 7.23. The van der Waals surface area contributed by atoms with Gasteiger partial charge >= 0.3 is 0 Å². The molecule has 0 aliphatic heterocycles. The SMILES string of the molecule is C#CCC(C)N(Cc1ccc(-n2cccn2)cc1OC)C(=O)CCl. The predicted octanol–water partition coefficient (Wildman–Crippen LogP) is 2.86. The van der Waals surface area contributed by atoms with Crippen molar-refractivity contribution in [3.8, 4) is 23.8 Å². The molecule has 24 heavy (non-hydrogen) atoms. The molecule has 2 aromatic rings. The first-order valence-corrected chi connectivity index (χ1v) is 8.10. The summed E-state index contributed by atoms with van der Waals surface area (Å²) in [6.45, 7) is 2.30. The minimum atomic E-state index is -0.155. The molecule has 1 atom stereocenters. The average Bonchev–Trinajstić information content (AvgIpc) is 3.13. The zero-order valence-corrected chi connectivity index (χ0v) is 14.5. The fraction of sp³-hybridized carbons (Fsp3) is 0.333. The number of terminal acetylenes is 1. The van der Waals surface area contributed by atoms with Gasteiger partial charge in [0.2, 0.25) is 5.91 Å². The number of methoxy groups -OCH3 is 1. The second-order valence-electron chi connectivity index (χ2n) is 5.36. The first kappa shape index (κ1) is 17.9. The smallest absolute Gasteiger partial charge is 0.238 e. The van der Waals surface area contributed by atoms with Crippen LogP contribution in [0.2, 0.25) is 0 Å². The second kappa shape index (κ2) is 8.42. The lowest BCUT2D eigenvalue weighted by atomic mass is 10.1. The number of hydrogen-bond donors (Lipinski definition) is 0. The van der Waals surface area contributed by atoms with Gasteiger partial charge in [-0.05, 0) is 19.1 Å². The fourth-order valence-electron chi connectivity index (χ4n) is 2.46. The molecule has 1 aromatic carbocycles. The highest BCUT2D eigenvalue weighted by molar-refractivity contribution is 6.27. The van der Waals surface area contributed by atoms with Crippen LogP contribution in [0.25, 0.3) is 5.69 Å². The number of carbonyl (C=O) groups is 1. The molecule has 1 unspecified atom stereocenters. The molecule has 0 saturated heterocycles. The lowest BCUT2D eigenvalue weighted by Gasteiger charge is -2.28. The Balaban J connectivity index is 2.29. The lowest BCUT2D eigenvalue weighted by Crippen LogP contribution is -2.38. The summed E-state index contributed by atoms with van der Waals surface area (Å²) in [6, 6.07) is 7.49. The van der Waals surface area contributed by atoms with E-state index in [9.17, 15) is 4.79 Å². The van der Waals surface area contributed by atoms with Gasteiger partial charge in [-0.2, -0.15) is 5.10 Å². The van der Waals surface area contributed by atoms with E-state index in [1.54, 1.807) is 22.9 Å². The topological polar surface area (TPSA) is 47.4 Å². The minimum Gasteiger partial charge on any atom is -0.496 e. The van der Waals surface area contributed by atoms with E-state index in [0.717, 1.165) is 11.3 Å². The Hall–Kier alpha value is -2.45. The van der Waals surface area contributed by atoms with Crippen molar-refractivity contribution in [3.05, 3.63) is 42.2 Å². The van der Waals surface area contributed by atoms with Crippen LogP contribution in [0.1, 0.15) is 18.9 Å². The van der Waals surface area contributed by atoms with Gasteiger partial charge < -0.3 is 9.64 Å². The van der Waals surface area contributed by atoms with Crippen molar-refractivity contribution in [1.29, 1.82) is 0 Å². The average molecular weight is 346 g/mol. The summed E-state index contributed by atoms with van der Waals surface area (Å²) in [5, 5.41) is 4.20. The van der Waals surface area contributed by atoms with Gasteiger partial charge in [0.1, 0.15) is 11.6 Å². The summed E-state index contributed by atoms with van der Waals surface area (Å²) in [5.74, 6) is 3.04. The molecular formula is C18H20ClN3O2. The number of aromatic nitrogens is 2. The van der Waals surface area contributed by atoms with Gasteiger partial charge in [-0.15, -0.1) is 23.9 Å². The van der Waals surface area contributed by atoms with Gasteiger partial charge in [-0.3, -0.25) is 4.79 Å². The molecule has 2 rings (SSSR count). The van der Waals surface area contributed by atoms with Gasteiger partial charge in [-0.1, -0.05) is 6.07 Å². The van der Waals surface area contributed by atoms with Gasteiger partial charge in [0.05, 0.1) is 12.8 Å². The van der Waals surface area contributed by atoms with E-state index in [1.165, 1.54) is 0 Å². The maximum absolute atomic E-state index is 12.2. The fourth-order valence-corrected chi connectivity index (χ4v) is 2.61. The van der Waals surface area contributed by atoms with E-state index >= 15 is 0 Å². The summed E-state index contributed by atoms with van der Waals surface area (Å²) in [7, 11) is 1.60. The Labute approximate surface area is 147 Å². The van der Waals surface area contributed by atoms with Gasteiger partial charge in [-0.25, -0.2) is 4.68 Å². The number of rotatable bonds is 7. The molecule has 0 saturated carbocycles. The van der Waals surface area contributed by atoms with E-state index in [-0.39, 0.29) is 17.8 Å². The molecule has 1 amide bonds. The highest BCUT2D eigenvalue weighted by Crippen LogP contribution is 2.25. The first-order chi connectivity index (χ1) is 11.6. The Morgan fingerprint density at radius 3 is 2.92 bits per heavy atom. The van der Waals surface area contributed by atoms with Crippen molar-refractivity contribution >= 4 is 17.5 Å². The quantitative estimate of drug-likeness (QED) is 0.572. The van der Waals surface area contributed by atoms with Crippen LogP contribution in [-0.2, 0) is 11.3 Å². The third kappa shape index (κ3) is 4.09. The van der Waals surface area contributed by atoms with E-state index in [2.05, 4.69) is 11.0 Å². The zero-order valence-electron chi connectivity index (χ0n) is 13.8. The number of carbonyl (C=O) groups excluding carboxylic acids is 1. The number of amides is 1. The van der Waals surface area contributed by atoms with Crippen LogP contribution in [0.4, 0.5) is 0 Å². The Morgan fingerprint density at radius 1 is 1.54 bits per heavy atom. The molecular weight excluding hydrogens is 326 g/mol. The highest BCUT2D eigenvalue weighted by Gasteiger charge is 2.20. The van der Waals surface area contributed by atoms with Crippen molar-refractivity contribution in [3.63, 3.8) is 0 Å². The van der Waals surface area contributed by atoms with Crippen molar-refractivity contribution in [2.45, 2.75) is 25.9 Å². The summed E-state index contributed by atoms with van der Waals surface area (Å²) in [5.41, 5.74) is 1.77. The highest BCUT2D eigenvalue weighted by atomic mass is 35.5. The minimum absolute atomic E-state index is 0.0808. The number of hydrogen-bond acceptors (Lipinski definition) is 3. The van der Waals surface area contributed by atoms with E-state index in [4.69, 9.17) is 22.8 Å². The van der Waals surface area contributed by atoms with Crippen molar-refractivity contribution in [2.24, 2.45) is 0 Å². The lowest BCUT2D eigenvalue weighted by molar-refractivity contribution is -0.131. The van der Waals surface area contributed by atoms with E-state index < -0.39 is 0 Å². The number of halogens is 1. The molecule has 1 heterocycles. The van der Waals surface area contributed by atoms with Crippen LogP contribution in [0, 0.1) is 12.3 Å². The van der Waals surface area contributed by atoms with Crippen molar-refractivity contribution in [2.75, 3.05) is 13.0 Å². The summed E-state index contributed by atoms with van der Waals surface area (Å²) >= 11 is 5.74. The zero-order chi connectivity index (χ0) is 17.5. The molecule has 0 radical (unpaired) electrons. The summed E-state index contributed by atoms with van der Waals surface area (Å²) in [4.78, 5) is 13.8. The Bertz CT molecular complexity index is 722. The third-order valence-electron chi connectivity index (χ3n) is 3.76. The molecule has 0 fully saturated rings. The Morgan fingerprint density at radius 2 is 2.33 bits per heavy atom. The maximum Gasteiger partial charge on any atom is 0.238 e. The van der Waals surface area contributed by atoms with Crippen LogP contribution >= 0.6 is 11.6 Å². The van der Waals surface area contributed by atoms with Crippen LogP contribution in [0.5, 0.6) is 5.75 Å². The molecule has 6 heteroatoms. The van der Waals surface area contributed by atoms with Crippen LogP contribution in [0.3, 0.4) is 0 Å². The largest absolute Gasteiger partial charge is 0.496 e. The van der Waals surface area contributed by atoms with Crippen molar-refractivity contribution in [1.82, 2.24) is 14.7 Å². The molecule has 0 N–H and O–H groups in total. The molecule has 0 spiro atoms. The van der Waals surface area contributed by atoms with Crippen LogP contribution < -0.4 is 4.74 Å². The number of nitrogens with zero attached hydrogens (tertiary/aromatic N) is 3. The number of alkyl halides is 1. The molecule has 5 nitrogen and oxygen atoms in total. The van der Waals surface area contributed by atoms with Crippen LogP contribution in [-0.4, -0.2) is 39.6 Å². The molecule has 126 valence electrons. The molecule has 0 aliphatic carbocycles. The van der Waals surface area contributed by atoms with Gasteiger partial charge in [0.15, 0.2) is 0 Å². The predicted molar refractivity (Wildman–Crippen MR) is 94.3 cm³/mol. The van der Waals surface area contributed by atoms with E-state index in [1.807, 2.05) is 37.4 Å². The third-order valence-corrected chi connectivity index (χ3v) is 3.99. The number of benzene rings is 1. The van der Waals surface area contributed by atoms with Crippen LogP contribution in [0.15, 0.2) is 36.7 Å². The maximum atomic E-state index is 12.2. The Kier molecular flexibility index (Phi) is 6.28. The van der Waals surface area contributed by atoms with E-state index in [0.29, 0.717) is 18.7 Å². The molecule has 1 aromatic heterocycles. The second-order valence-corrected chi connectivity index (χ2v) is 5.63. The van der Waals surface area contributed by atoms with Gasteiger partial charge in [0.25, 0.3) is 0 Å². The monoisotopic (exact) mass is 345 g/mol. The normalized spacial score (nSPS) is 11.6. The molecule has 0 bridgehead atoms. The van der Waals surface area contributed by atoms with Gasteiger partial charge in [0, 0.05) is 43.0 Å². The summed E-state index contributed by atoms with van der Waals surface area (Å²) in [6.07, 6.45) is 9.41.